The van der Waals surface area contributed by atoms with E-state index in [0.717, 1.165) is 30.9 Å². The molecule has 104 valence electrons. The van der Waals surface area contributed by atoms with Gasteiger partial charge in [-0.25, -0.2) is 0 Å². The SMILES string of the molecule is CCOC(=O)C1CNCCN1Cc1ccc(C)nc1. The first kappa shape index (κ1) is 14.0. The molecule has 0 radical (unpaired) electrons. The monoisotopic (exact) mass is 263 g/mol. The number of nitrogens with one attached hydrogen (secondary N) is 1. The number of esters is 1. The van der Waals surface area contributed by atoms with Crippen molar-refractivity contribution in [2.75, 3.05) is 26.2 Å². The lowest BCUT2D eigenvalue weighted by molar-refractivity contribution is -0.150. The Morgan fingerprint density at radius 3 is 3.11 bits per heavy atom. The maximum absolute atomic E-state index is 11.9. The van der Waals surface area contributed by atoms with E-state index in [1.54, 1.807) is 0 Å². The highest BCUT2D eigenvalue weighted by Gasteiger charge is 2.29. The van der Waals surface area contributed by atoms with Crippen molar-refractivity contribution in [2.24, 2.45) is 0 Å². The van der Waals surface area contributed by atoms with Crippen molar-refractivity contribution >= 4 is 5.97 Å². The molecule has 2 heterocycles. The number of carbonyl (C=O) groups is 1. The second-order valence-electron chi connectivity index (χ2n) is 4.75. The molecule has 0 spiro atoms. The van der Waals surface area contributed by atoms with Gasteiger partial charge in [0.25, 0.3) is 0 Å². The largest absolute Gasteiger partial charge is 0.465 e. The van der Waals surface area contributed by atoms with Crippen molar-refractivity contribution in [1.82, 2.24) is 15.2 Å². The Bertz CT molecular complexity index is 419. The summed E-state index contributed by atoms with van der Waals surface area (Å²) in [5, 5.41) is 3.24. The Morgan fingerprint density at radius 1 is 1.58 bits per heavy atom. The molecular formula is C14H21N3O2. The summed E-state index contributed by atoms with van der Waals surface area (Å²) >= 11 is 0. The smallest absolute Gasteiger partial charge is 0.324 e. The number of pyridine rings is 1. The standard InChI is InChI=1S/C14H21N3O2/c1-3-19-14(18)13-9-15-6-7-17(13)10-12-5-4-11(2)16-8-12/h4-5,8,13,15H,3,6-7,9-10H2,1-2H3. The zero-order valence-corrected chi connectivity index (χ0v) is 11.6. The van der Waals surface area contributed by atoms with E-state index in [9.17, 15) is 4.79 Å². The molecular weight excluding hydrogens is 242 g/mol. The van der Waals surface area contributed by atoms with Crippen LogP contribution < -0.4 is 5.32 Å². The summed E-state index contributed by atoms with van der Waals surface area (Å²) in [6.45, 7) is 7.36. The van der Waals surface area contributed by atoms with Gasteiger partial charge in [0.1, 0.15) is 6.04 Å². The average molecular weight is 263 g/mol. The number of carbonyl (C=O) groups excluding carboxylic acids is 1. The summed E-state index contributed by atoms with van der Waals surface area (Å²) in [4.78, 5) is 18.4. The Labute approximate surface area is 114 Å². The van der Waals surface area contributed by atoms with Crippen LogP contribution >= 0.6 is 0 Å². The Morgan fingerprint density at radius 2 is 2.42 bits per heavy atom. The van der Waals surface area contributed by atoms with Crippen LogP contribution in [0.25, 0.3) is 0 Å². The molecule has 1 aliphatic rings. The number of hydrogen-bond acceptors (Lipinski definition) is 5. The molecule has 1 N–H and O–H groups in total. The van der Waals surface area contributed by atoms with Crippen LogP contribution in [0.4, 0.5) is 0 Å². The van der Waals surface area contributed by atoms with Gasteiger partial charge >= 0.3 is 5.97 Å². The van der Waals surface area contributed by atoms with Crippen molar-refractivity contribution in [1.29, 1.82) is 0 Å². The number of piperazine rings is 1. The lowest BCUT2D eigenvalue weighted by Crippen LogP contribution is -2.54. The number of aryl methyl sites for hydroxylation is 1. The van der Waals surface area contributed by atoms with Gasteiger partial charge in [-0.2, -0.15) is 0 Å². The highest BCUT2D eigenvalue weighted by Crippen LogP contribution is 2.11. The predicted octanol–water partition coefficient (Wildman–Crippen LogP) is 0.727. The fraction of sp³-hybridized carbons (Fsp3) is 0.571. The third kappa shape index (κ3) is 3.75. The summed E-state index contributed by atoms with van der Waals surface area (Å²) in [5.74, 6) is -0.144. The third-order valence-corrected chi connectivity index (χ3v) is 3.27. The van der Waals surface area contributed by atoms with Gasteiger partial charge in [-0.3, -0.25) is 14.7 Å². The summed E-state index contributed by atoms with van der Waals surface area (Å²) in [6, 6.07) is 3.86. The average Bonchev–Trinajstić information content (AvgIpc) is 2.42. The van der Waals surface area contributed by atoms with E-state index < -0.39 is 0 Å². The number of rotatable bonds is 4. The molecule has 1 saturated heterocycles. The zero-order valence-electron chi connectivity index (χ0n) is 11.6. The minimum Gasteiger partial charge on any atom is -0.465 e. The lowest BCUT2D eigenvalue weighted by Gasteiger charge is -2.34. The quantitative estimate of drug-likeness (QED) is 0.812. The van der Waals surface area contributed by atoms with Crippen LogP contribution in [0.1, 0.15) is 18.2 Å². The molecule has 5 nitrogen and oxygen atoms in total. The van der Waals surface area contributed by atoms with E-state index in [0.29, 0.717) is 13.2 Å². The molecule has 1 unspecified atom stereocenters. The number of aromatic nitrogens is 1. The van der Waals surface area contributed by atoms with Crippen LogP contribution in [-0.4, -0.2) is 48.1 Å². The first-order valence-electron chi connectivity index (χ1n) is 6.73. The third-order valence-electron chi connectivity index (χ3n) is 3.27. The summed E-state index contributed by atoms with van der Waals surface area (Å²) in [7, 11) is 0. The summed E-state index contributed by atoms with van der Waals surface area (Å²) in [5.41, 5.74) is 2.13. The van der Waals surface area contributed by atoms with E-state index in [2.05, 4.69) is 21.3 Å². The van der Waals surface area contributed by atoms with Crippen molar-refractivity contribution in [3.63, 3.8) is 0 Å². The molecule has 2 rings (SSSR count). The number of ether oxygens (including phenoxy) is 1. The van der Waals surface area contributed by atoms with E-state index in [4.69, 9.17) is 4.74 Å². The first-order chi connectivity index (χ1) is 9.20. The van der Waals surface area contributed by atoms with Gasteiger partial charge < -0.3 is 10.1 Å². The molecule has 1 aromatic rings. The van der Waals surface area contributed by atoms with Crippen molar-refractivity contribution in [3.05, 3.63) is 29.6 Å². The molecule has 0 aromatic carbocycles. The maximum atomic E-state index is 11.9. The molecule has 0 amide bonds. The van der Waals surface area contributed by atoms with Gasteiger partial charge in [0.15, 0.2) is 0 Å². The molecule has 1 aromatic heterocycles. The lowest BCUT2D eigenvalue weighted by atomic mass is 10.1. The normalized spacial score (nSPS) is 20.2. The topological polar surface area (TPSA) is 54.5 Å². The fourth-order valence-corrected chi connectivity index (χ4v) is 2.23. The summed E-state index contributed by atoms with van der Waals surface area (Å²) in [6.07, 6.45) is 1.87. The molecule has 0 bridgehead atoms. The first-order valence-corrected chi connectivity index (χ1v) is 6.73. The van der Waals surface area contributed by atoms with E-state index in [-0.39, 0.29) is 12.0 Å². The highest BCUT2D eigenvalue weighted by molar-refractivity contribution is 5.76. The van der Waals surface area contributed by atoms with Crippen molar-refractivity contribution < 1.29 is 9.53 Å². The summed E-state index contributed by atoms with van der Waals surface area (Å²) < 4.78 is 5.13. The van der Waals surface area contributed by atoms with Crippen molar-refractivity contribution in [3.8, 4) is 0 Å². The molecule has 1 atom stereocenters. The van der Waals surface area contributed by atoms with E-state index in [1.807, 2.05) is 26.1 Å². The van der Waals surface area contributed by atoms with Crippen LogP contribution in [0.15, 0.2) is 18.3 Å². The predicted molar refractivity (Wildman–Crippen MR) is 72.7 cm³/mol. The van der Waals surface area contributed by atoms with Gasteiger partial charge in [-0.1, -0.05) is 6.07 Å². The van der Waals surface area contributed by atoms with Gasteiger partial charge in [0.2, 0.25) is 0 Å². The second-order valence-corrected chi connectivity index (χ2v) is 4.75. The van der Waals surface area contributed by atoms with Gasteiger partial charge in [0.05, 0.1) is 6.61 Å². The molecule has 0 aliphatic carbocycles. The Balaban J connectivity index is 2.03. The van der Waals surface area contributed by atoms with E-state index >= 15 is 0 Å². The number of nitrogens with zero attached hydrogens (tertiary/aromatic N) is 2. The van der Waals surface area contributed by atoms with Crippen LogP contribution in [0.2, 0.25) is 0 Å². The van der Waals surface area contributed by atoms with Gasteiger partial charge in [-0.15, -0.1) is 0 Å². The Hall–Kier alpha value is -1.46. The van der Waals surface area contributed by atoms with Crippen LogP contribution in [0.5, 0.6) is 0 Å². The zero-order chi connectivity index (χ0) is 13.7. The van der Waals surface area contributed by atoms with Crippen LogP contribution in [-0.2, 0) is 16.1 Å². The van der Waals surface area contributed by atoms with Crippen LogP contribution in [0.3, 0.4) is 0 Å². The minimum atomic E-state index is -0.199. The molecule has 0 saturated carbocycles. The minimum absolute atomic E-state index is 0.144. The fourth-order valence-electron chi connectivity index (χ4n) is 2.23. The number of hydrogen-bond donors (Lipinski definition) is 1. The second kappa shape index (κ2) is 6.63. The van der Waals surface area contributed by atoms with Crippen LogP contribution in [0, 0.1) is 6.92 Å². The molecule has 5 heteroatoms. The molecule has 1 fully saturated rings. The maximum Gasteiger partial charge on any atom is 0.324 e. The van der Waals surface area contributed by atoms with Gasteiger partial charge in [0, 0.05) is 38.1 Å². The van der Waals surface area contributed by atoms with E-state index in [1.165, 1.54) is 0 Å². The van der Waals surface area contributed by atoms with Gasteiger partial charge in [-0.05, 0) is 25.5 Å². The molecule has 1 aliphatic heterocycles. The Kier molecular flexibility index (Phi) is 4.87. The van der Waals surface area contributed by atoms with Crippen molar-refractivity contribution in [2.45, 2.75) is 26.4 Å². The molecule has 19 heavy (non-hydrogen) atoms. The highest BCUT2D eigenvalue weighted by atomic mass is 16.5.